The van der Waals surface area contributed by atoms with E-state index < -0.39 is 0 Å². The zero-order valence-corrected chi connectivity index (χ0v) is 32.6. The van der Waals surface area contributed by atoms with Crippen LogP contribution in [0.1, 0.15) is 0 Å². The molecule has 4 heteroatoms. The summed E-state index contributed by atoms with van der Waals surface area (Å²) in [6, 6.07) is 77.9. The van der Waals surface area contributed by atoms with Gasteiger partial charge in [0.25, 0.3) is 0 Å². The summed E-state index contributed by atoms with van der Waals surface area (Å²) < 4.78 is 4.83. The van der Waals surface area contributed by atoms with Gasteiger partial charge in [0.1, 0.15) is 0 Å². The number of nitrogens with zero attached hydrogens (tertiary/aromatic N) is 4. The number of para-hydroxylation sites is 3. The van der Waals surface area contributed by atoms with E-state index in [1.165, 1.54) is 43.6 Å². The highest BCUT2D eigenvalue weighted by atomic mass is 15.0. The first kappa shape index (κ1) is 34.0. The van der Waals surface area contributed by atoms with E-state index in [2.05, 4.69) is 209 Å². The van der Waals surface area contributed by atoms with Crippen molar-refractivity contribution in [3.8, 4) is 56.4 Å². The molecule has 0 spiro atoms. The van der Waals surface area contributed by atoms with Crippen LogP contribution in [0.2, 0.25) is 0 Å². The van der Waals surface area contributed by atoms with Crippen LogP contribution in [0.25, 0.3) is 111 Å². The molecule has 3 heterocycles. The molecule has 0 aliphatic carbocycles. The zero-order valence-electron chi connectivity index (χ0n) is 32.6. The summed E-state index contributed by atoms with van der Waals surface area (Å²) >= 11 is 0. The van der Waals surface area contributed by atoms with Gasteiger partial charge in [-0.25, -0.2) is 9.97 Å². The highest BCUT2D eigenvalue weighted by Gasteiger charge is 2.21. The quantitative estimate of drug-likeness (QED) is 0.169. The van der Waals surface area contributed by atoms with Crippen molar-refractivity contribution in [1.82, 2.24) is 19.1 Å². The minimum Gasteiger partial charge on any atom is -0.309 e. The van der Waals surface area contributed by atoms with E-state index in [1.807, 2.05) is 18.2 Å². The van der Waals surface area contributed by atoms with Crippen LogP contribution in [0.3, 0.4) is 0 Å². The van der Waals surface area contributed by atoms with Crippen molar-refractivity contribution >= 4 is 54.4 Å². The van der Waals surface area contributed by atoms with Crippen LogP contribution in [0.5, 0.6) is 0 Å². The number of hydrogen-bond acceptors (Lipinski definition) is 2. The summed E-state index contributed by atoms with van der Waals surface area (Å²) in [6.07, 6.45) is 0. The lowest BCUT2D eigenvalue weighted by Crippen LogP contribution is -1.97. The van der Waals surface area contributed by atoms with Gasteiger partial charge < -0.3 is 9.13 Å². The fourth-order valence-corrected chi connectivity index (χ4v) is 9.21. The Hall–Kier alpha value is -8.08. The highest BCUT2D eigenvalue weighted by Crippen LogP contribution is 2.43. The SMILES string of the molecule is c1ccc(-c2nc(-c3ccc4cc(-n5c6ccccc6c6c7c8ccccc8n(-c8ccccc8)c7ccc65)ccc4c3)cc(-c3ccccc3-c3ccccc3)n2)cc1. The Morgan fingerprint density at radius 2 is 0.817 bits per heavy atom. The van der Waals surface area contributed by atoms with E-state index in [9.17, 15) is 0 Å². The molecule has 0 fully saturated rings. The van der Waals surface area contributed by atoms with Crippen molar-refractivity contribution in [1.29, 1.82) is 0 Å². The minimum absolute atomic E-state index is 0.703. The molecule has 0 aliphatic heterocycles. The van der Waals surface area contributed by atoms with Crippen LogP contribution >= 0.6 is 0 Å². The molecule has 0 radical (unpaired) electrons. The van der Waals surface area contributed by atoms with Gasteiger partial charge in [-0.3, -0.25) is 0 Å². The Labute approximate surface area is 346 Å². The molecule has 12 aromatic rings. The van der Waals surface area contributed by atoms with Gasteiger partial charge in [-0.2, -0.15) is 0 Å². The molecule has 4 nitrogen and oxygen atoms in total. The standard InChI is InChI=1S/C56H36N4/c1-4-16-37(17-5-1)44-22-10-11-23-45(44)49-36-48(57-56(58-49)38-18-6-2-7-19-38)41-29-28-40-35-43(31-30-39(40)34-41)60-51-27-15-13-25-47(51)55-53(60)33-32-52-54(55)46-24-12-14-26-50(46)59(52)42-20-8-3-9-21-42/h1-36H. The molecular formula is C56H36N4. The van der Waals surface area contributed by atoms with Gasteiger partial charge in [0, 0.05) is 49.6 Å². The maximum Gasteiger partial charge on any atom is 0.160 e. The van der Waals surface area contributed by atoms with Crippen molar-refractivity contribution in [3.63, 3.8) is 0 Å². The first-order valence-electron chi connectivity index (χ1n) is 20.4. The summed E-state index contributed by atoms with van der Waals surface area (Å²) in [7, 11) is 0. The van der Waals surface area contributed by atoms with Crippen LogP contribution in [0.4, 0.5) is 0 Å². The molecular weight excluding hydrogens is 729 g/mol. The van der Waals surface area contributed by atoms with Crippen LogP contribution < -0.4 is 0 Å². The van der Waals surface area contributed by atoms with Crippen molar-refractivity contribution in [3.05, 3.63) is 218 Å². The Balaban J connectivity index is 1.01. The smallest absolute Gasteiger partial charge is 0.160 e. The third-order valence-corrected chi connectivity index (χ3v) is 11.9. The van der Waals surface area contributed by atoms with Gasteiger partial charge in [-0.05, 0) is 82.6 Å². The summed E-state index contributed by atoms with van der Waals surface area (Å²) in [5.41, 5.74) is 14.2. The van der Waals surface area contributed by atoms with Crippen LogP contribution in [-0.2, 0) is 0 Å². The first-order chi connectivity index (χ1) is 29.8. The van der Waals surface area contributed by atoms with Crippen molar-refractivity contribution in [2.75, 3.05) is 0 Å². The van der Waals surface area contributed by atoms with Gasteiger partial charge in [0.2, 0.25) is 0 Å². The van der Waals surface area contributed by atoms with E-state index in [-0.39, 0.29) is 0 Å². The van der Waals surface area contributed by atoms with Crippen molar-refractivity contribution < 1.29 is 0 Å². The average Bonchev–Trinajstić information content (AvgIpc) is 3.85. The summed E-state index contributed by atoms with van der Waals surface area (Å²) in [5, 5.41) is 7.35. The molecule has 0 unspecified atom stereocenters. The average molecular weight is 765 g/mol. The maximum atomic E-state index is 5.19. The number of aromatic nitrogens is 4. The summed E-state index contributed by atoms with van der Waals surface area (Å²) in [4.78, 5) is 10.4. The largest absolute Gasteiger partial charge is 0.309 e. The van der Waals surface area contributed by atoms with Crippen LogP contribution in [0, 0.1) is 0 Å². The molecule has 9 aromatic carbocycles. The molecule has 0 atom stereocenters. The Morgan fingerprint density at radius 1 is 0.300 bits per heavy atom. The fraction of sp³-hybridized carbons (Fsp3) is 0. The maximum absolute atomic E-state index is 5.19. The topological polar surface area (TPSA) is 35.6 Å². The third kappa shape index (κ3) is 5.46. The fourth-order valence-electron chi connectivity index (χ4n) is 9.21. The van der Waals surface area contributed by atoms with E-state index in [1.54, 1.807) is 0 Å². The second-order valence-corrected chi connectivity index (χ2v) is 15.4. The Bertz CT molecular complexity index is 3580. The normalized spacial score (nSPS) is 11.7. The molecule has 0 saturated carbocycles. The van der Waals surface area contributed by atoms with Gasteiger partial charge in [0.15, 0.2) is 5.82 Å². The monoisotopic (exact) mass is 764 g/mol. The molecule has 0 aliphatic rings. The predicted molar refractivity (Wildman–Crippen MR) is 250 cm³/mol. The predicted octanol–water partition coefficient (Wildman–Crippen LogP) is 14.5. The van der Waals surface area contributed by atoms with Crippen LogP contribution in [-0.4, -0.2) is 19.1 Å². The third-order valence-electron chi connectivity index (χ3n) is 11.9. The molecule has 3 aromatic heterocycles. The molecule has 0 amide bonds. The van der Waals surface area contributed by atoms with Gasteiger partial charge in [0.05, 0.1) is 33.5 Å². The lowest BCUT2D eigenvalue weighted by molar-refractivity contribution is 1.17. The number of rotatable bonds is 6. The second kappa shape index (κ2) is 13.8. The molecule has 60 heavy (non-hydrogen) atoms. The lowest BCUT2D eigenvalue weighted by Gasteiger charge is -2.14. The second-order valence-electron chi connectivity index (χ2n) is 15.4. The van der Waals surface area contributed by atoms with E-state index in [0.29, 0.717) is 5.82 Å². The highest BCUT2D eigenvalue weighted by molar-refractivity contribution is 6.29. The van der Waals surface area contributed by atoms with Gasteiger partial charge >= 0.3 is 0 Å². The molecule has 12 rings (SSSR count). The van der Waals surface area contributed by atoms with E-state index >= 15 is 0 Å². The lowest BCUT2D eigenvalue weighted by atomic mass is 9.96. The number of benzene rings is 9. The Morgan fingerprint density at radius 3 is 1.50 bits per heavy atom. The minimum atomic E-state index is 0.703. The van der Waals surface area contributed by atoms with Crippen molar-refractivity contribution in [2.24, 2.45) is 0 Å². The van der Waals surface area contributed by atoms with Gasteiger partial charge in [-0.15, -0.1) is 0 Å². The van der Waals surface area contributed by atoms with E-state index in [4.69, 9.17) is 9.97 Å². The summed E-state index contributed by atoms with van der Waals surface area (Å²) in [5.74, 6) is 0.703. The van der Waals surface area contributed by atoms with E-state index in [0.717, 1.165) is 61.4 Å². The molecule has 0 saturated heterocycles. The number of hydrogen-bond donors (Lipinski definition) is 0. The summed E-state index contributed by atoms with van der Waals surface area (Å²) in [6.45, 7) is 0. The molecule has 0 bridgehead atoms. The molecule has 280 valence electrons. The number of fused-ring (bicyclic) bond motifs is 8. The van der Waals surface area contributed by atoms with Crippen LogP contribution in [0.15, 0.2) is 218 Å². The van der Waals surface area contributed by atoms with Crippen molar-refractivity contribution in [2.45, 2.75) is 0 Å². The molecule has 0 N–H and O–H groups in total. The Kier molecular flexibility index (Phi) is 7.82. The zero-order chi connectivity index (χ0) is 39.6. The first-order valence-corrected chi connectivity index (χ1v) is 20.4. The van der Waals surface area contributed by atoms with Gasteiger partial charge in [-0.1, -0.05) is 158 Å².